The molecule has 5 rings (SSSR count). The molecule has 30 heavy (non-hydrogen) atoms. The third kappa shape index (κ3) is 3.72. The molecule has 1 aromatic heterocycles. The second-order valence-electron chi connectivity index (χ2n) is 8.78. The van der Waals surface area contributed by atoms with Gasteiger partial charge in [0.05, 0.1) is 18.9 Å². The van der Waals surface area contributed by atoms with Crippen molar-refractivity contribution in [2.45, 2.75) is 19.3 Å². The fourth-order valence-electron chi connectivity index (χ4n) is 5.11. The van der Waals surface area contributed by atoms with Crippen molar-refractivity contribution in [2.75, 3.05) is 68.0 Å². The molecule has 1 aromatic carbocycles. The van der Waals surface area contributed by atoms with Crippen LogP contribution in [-0.4, -0.2) is 57.5 Å². The number of anilines is 3. The first kappa shape index (κ1) is 19.9. The minimum atomic E-state index is 0.406. The first-order valence-corrected chi connectivity index (χ1v) is 11.4. The smallest absolute Gasteiger partial charge is 0.144 e. The number of piperidine rings is 1. The number of halogens is 1. The summed E-state index contributed by atoms with van der Waals surface area (Å²) in [5.41, 5.74) is 11.0. The summed E-state index contributed by atoms with van der Waals surface area (Å²) in [7, 11) is 0. The highest BCUT2D eigenvalue weighted by atomic mass is 35.5. The van der Waals surface area contributed by atoms with E-state index in [9.17, 15) is 0 Å². The van der Waals surface area contributed by atoms with Gasteiger partial charge in [0.1, 0.15) is 10.8 Å². The van der Waals surface area contributed by atoms with Crippen molar-refractivity contribution >= 4 is 28.8 Å². The van der Waals surface area contributed by atoms with Gasteiger partial charge in [0.25, 0.3) is 0 Å². The van der Waals surface area contributed by atoms with Crippen LogP contribution in [0.3, 0.4) is 0 Å². The Kier molecular flexibility index (Phi) is 5.48. The van der Waals surface area contributed by atoms with Crippen LogP contribution in [0.4, 0.5) is 17.2 Å². The second-order valence-corrected chi connectivity index (χ2v) is 9.16. The topological polar surface area (TPSA) is 66.6 Å². The summed E-state index contributed by atoms with van der Waals surface area (Å²) >= 11 is 6.72. The van der Waals surface area contributed by atoms with Gasteiger partial charge in [0.15, 0.2) is 0 Å². The molecule has 0 saturated carbocycles. The Hall–Kier alpha value is -2.02. The highest BCUT2D eigenvalue weighted by molar-refractivity contribution is 6.36. The predicted octanol–water partition coefficient (Wildman–Crippen LogP) is 3.40. The number of rotatable bonds is 3. The van der Waals surface area contributed by atoms with Crippen LogP contribution in [0, 0.1) is 5.41 Å². The lowest BCUT2D eigenvalue weighted by Gasteiger charge is -2.41. The minimum Gasteiger partial charge on any atom is -0.382 e. The molecular formula is C23H30ClN5O. The number of pyridine rings is 1. The number of hydrogen-bond donors (Lipinski definition) is 2. The summed E-state index contributed by atoms with van der Waals surface area (Å²) in [4.78, 5) is 9.15. The van der Waals surface area contributed by atoms with Gasteiger partial charge in [-0.3, -0.25) is 0 Å². The third-order valence-electron chi connectivity index (χ3n) is 7.05. The van der Waals surface area contributed by atoms with Crippen molar-refractivity contribution in [1.82, 2.24) is 10.3 Å². The van der Waals surface area contributed by atoms with Crippen molar-refractivity contribution in [3.8, 4) is 11.1 Å². The van der Waals surface area contributed by atoms with E-state index in [1.165, 1.54) is 24.9 Å². The van der Waals surface area contributed by atoms with Crippen molar-refractivity contribution < 1.29 is 4.74 Å². The number of benzene rings is 1. The third-order valence-corrected chi connectivity index (χ3v) is 7.42. The second kappa shape index (κ2) is 8.25. The maximum absolute atomic E-state index is 6.72. The molecule has 3 aliphatic rings. The molecule has 2 aromatic rings. The first-order valence-electron chi connectivity index (χ1n) is 11.0. The van der Waals surface area contributed by atoms with E-state index in [1.807, 2.05) is 6.20 Å². The lowest BCUT2D eigenvalue weighted by Crippen LogP contribution is -2.41. The molecule has 1 spiro atoms. The maximum Gasteiger partial charge on any atom is 0.144 e. The molecule has 0 bridgehead atoms. The van der Waals surface area contributed by atoms with Crippen LogP contribution in [0.15, 0.2) is 30.5 Å². The Labute approximate surface area is 183 Å². The van der Waals surface area contributed by atoms with E-state index >= 15 is 0 Å². The van der Waals surface area contributed by atoms with E-state index in [1.54, 1.807) is 0 Å². The SMILES string of the molecule is Nc1ncc(-c2ccc(N3CCOCC3)cc2)c(N2CCC3(CCNC3)CC2)c1Cl. The lowest BCUT2D eigenvalue weighted by molar-refractivity contribution is 0.122. The van der Waals surface area contributed by atoms with E-state index in [0.29, 0.717) is 16.3 Å². The first-order chi connectivity index (χ1) is 14.7. The minimum absolute atomic E-state index is 0.406. The fraction of sp³-hybridized carbons (Fsp3) is 0.522. The summed E-state index contributed by atoms with van der Waals surface area (Å²) in [5.74, 6) is 0.406. The molecule has 6 nitrogen and oxygen atoms in total. The number of nitrogens with one attached hydrogen (secondary N) is 1. The van der Waals surface area contributed by atoms with E-state index in [4.69, 9.17) is 22.1 Å². The van der Waals surface area contributed by atoms with Gasteiger partial charge >= 0.3 is 0 Å². The standard InChI is InChI=1S/C23H30ClN5O/c24-20-21(29-9-6-23(7-10-29)5-8-26-16-23)19(15-27-22(20)25)17-1-3-18(4-2-17)28-11-13-30-14-12-28/h1-4,15,26H,5-14,16H2,(H2,25,27). The highest BCUT2D eigenvalue weighted by Crippen LogP contribution is 2.44. The average Bonchev–Trinajstić information content (AvgIpc) is 3.25. The average molecular weight is 428 g/mol. The van der Waals surface area contributed by atoms with Crippen molar-refractivity contribution in [3.63, 3.8) is 0 Å². The molecule has 0 unspecified atom stereocenters. The lowest BCUT2D eigenvalue weighted by atomic mass is 9.77. The number of morpholine rings is 1. The molecule has 0 aliphatic carbocycles. The van der Waals surface area contributed by atoms with Gasteiger partial charge < -0.3 is 25.6 Å². The van der Waals surface area contributed by atoms with Crippen molar-refractivity contribution in [2.24, 2.45) is 5.41 Å². The molecule has 4 heterocycles. The fourth-order valence-corrected chi connectivity index (χ4v) is 5.38. The highest BCUT2D eigenvalue weighted by Gasteiger charge is 2.38. The van der Waals surface area contributed by atoms with Crippen LogP contribution in [-0.2, 0) is 4.74 Å². The van der Waals surface area contributed by atoms with Gasteiger partial charge in [0, 0.05) is 50.2 Å². The number of nitrogen functional groups attached to an aromatic ring is 1. The summed E-state index contributed by atoms with van der Waals surface area (Å²) in [6.45, 7) is 7.74. The molecule has 3 fully saturated rings. The largest absolute Gasteiger partial charge is 0.382 e. The van der Waals surface area contributed by atoms with E-state index in [-0.39, 0.29) is 0 Å². The maximum atomic E-state index is 6.72. The van der Waals surface area contributed by atoms with Gasteiger partial charge in [-0.1, -0.05) is 23.7 Å². The van der Waals surface area contributed by atoms with Gasteiger partial charge in [0.2, 0.25) is 0 Å². The quantitative estimate of drug-likeness (QED) is 0.782. The summed E-state index contributed by atoms with van der Waals surface area (Å²) in [6.07, 6.45) is 5.53. The molecule has 3 saturated heterocycles. The molecule has 160 valence electrons. The zero-order valence-electron chi connectivity index (χ0n) is 17.4. The Morgan fingerprint density at radius 1 is 1.00 bits per heavy atom. The van der Waals surface area contributed by atoms with Gasteiger partial charge in [-0.15, -0.1) is 0 Å². The molecule has 3 N–H and O–H groups in total. The van der Waals surface area contributed by atoms with Crippen LogP contribution >= 0.6 is 11.6 Å². The summed E-state index contributed by atoms with van der Waals surface area (Å²) < 4.78 is 5.47. The van der Waals surface area contributed by atoms with Crippen LogP contribution in [0.2, 0.25) is 5.02 Å². The Balaban J connectivity index is 1.42. The molecule has 0 amide bonds. The number of ether oxygens (including phenoxy) is 1. The van der Waals surface area contributed by atoms with Crippen LogP contribution in [0.1, 0.15) is 19.3 Å². The monoisotopic (exact) mass is 427 g/mol. The Morgan fingerprint density at radius 3 is 2.40 bits per heavy atom. The van der Waals surface area contributed by atoms with Crippen molar-refractivity contribution in [3.05, 3.63) is 35.5 Å². The van der Waals surface area contributed by atoms with Gasteiger partial charge in [-0.25, -0.2) is 4.98 Å². The Bertz CT molecular complexity index is 881. The van der Waals surface area contributed by atoms with Crippen molar-refractivity contribution in [1.29, 1.82) is 0 Å². The number of hydrogen-bond acceptors (Lipinski definition) is 6. The van der Waals surface area contributed by atoms with Crippen LogP contribution < -0.4 is 20.9 Å². The summed E-state index contributed by atoms with van der Waals surface area (Å²) in [6, 6.07) is 8.71. The number of nitrogens with two attached hydrogens (primary N) is 1. The molecule has 7 heteroatoms. The van der Waals surface area contributed by atoms with E-state index < -0.39 is 0 Å². The Morgan fingerprint density at radius 2 is 1.73 bits per heavy atom. The van der Waals surface area contributed by atoms with E-state index in [0.717, 1.165) is 69.3 Å². The predicted molar refractivity (Wildman–Crippen MR) is 123 cm³/mol. The normalized spacial score (nSPS) is 21.4. The molecule has 3 aliphatic heterocycles. The molecular weight excluding hydrogens is 398 g/mol. The summed E-state index contributed by atoms with van der Waals surface area (Å²) in [5, 5.41) is 4.12. The zero-order chi connectivity index (χ0) is 20.6. The zero-order valence-corrected chi connectivity index (χ0v) is 18.1. The van der Waals surface area contributed by atoms with E-state index in [2.05, 4.69) is 44.4 Å². The van der Waals surface area contributed by atoms with Crippen LogP contribution in [0.25, 0.3) is 11.1 Å². The van der Waals surface area contributed by atoms with Crippen LogP contribution in [0.5, 0.6) is 0 Å². The molecule has 0 radical (unpaired) electrons. The molecule has 0 atom stereocenters. The van der Waals surface area contributed by atoms with Gasteiger partial charge in [-0.05, 0) is 48.9 Å². The van der Waals surface area contributed by atoms with Gasteiger partial charge in [-0.2, -0.15) is 0 Å². The number of aromatic nitrogens is 1. The number of nitrogens with zero attached hydrogens (tertiary/aromatic N) is 3.